The smallest absolute Gasteiger partial charge is 0.224 e. The number of aromatic nitrogens is 4. The van der Waals surface area contributed by atoms with Crippen LogP contribution in [0.5, 0.6) is 0 Å². The third-order valence-electron chi connectivity index (χ3n) is 4.11. The predicted octanol–water partition coefficient (Wildman–Crippen LogP) is 1.11. The van der Waals surface area contributed by atoms with E-state index in [0.717, 1.165) is 16.9 Å². The molecular formula is C16H24N6O2. The number of hydrogen-bond acceptors (Lipinski definition) is 6. The molecular weight excluding hydrogens is 308 g/mol. The number of carbonyl (C=O) groups is 1. The molecule has 1 fully saturated rings. The number of hydrogen-bond donors (Lipinski definition) is 1. The minimum atomic E-state index is 0.0881. The highest BCUT2D eigenvalue weighted by molar-refractivity contribution is 5.86. The van der Waals surface area contributed by atoms with Crippen LogP contribution < -0.4 is 5.32 Å². The third kappa shape index (κ3) is 3.48. The Bertz CT molecular complexity index is 733. The monoisotopic (exact) mass is 332 g/mol. The van der Waals surface area contributed by atoms with E-state index in [4.69, 9.17) is 4.74 Å². The van der Waals surface area contributed by atoms with Gasteiger partial charge in [-0.25, -0.2) is 9.97 Å². The molecule has 3 rings (SSSR count). The van der Waals surface area contributed by atoms with Crippen LogP contribution in [-0.2, 0) is 16.6 Å². The van der Waals surface area contributed by atoms with E-state index in [1.165, 1.54) is 0 Å². The highest BCUT2D eigenvalue weighted by atomic mass is 16.5. The second-order valence-corrected chi connectivity index (χ2v) is 6.36. The van der Waals surface area contributed by atoms with Gasteiger partial charge < -0.3 is 15.0 Å². The van der Waals surface area contributed by atoms with Crippen molar-refractivity contribution in [2.45, 2.75) is 39.4 Å². The van der Waals surface area contributed by atoms with Gasteiger partial charge in [-0.2, -0.15) is 5.10 Å². The van der Waals surface area contributed by atoms with Crippen molar-refractivity contribution in [3.05, 3.63) is 12.0 Å². The minimum Gasteiger partial charge on any atom is -0.372 e. The number of anilines is 1. The second kappa shape index (κ2) is 6.72. The van der Waals surface area contributed by atoms with E-state index in [2.05, 4.69) is 20.4 Å². The number of rotatable bonds is 4. The summed E-state index contributed by atoms with van der Waals surface area (Å²) in [5.41, 5.74) is 0.784. The largest absolute Gasteiger partial charge is 0.372 e. The number of aryl methyl sites for hydroxylation is 2. The predicted molar refractivity (Wildman–Crippen MR) is 90.7 cm³/mol. The zero-order valence-electron chi connectivity index (χ0n) is 14.6. The van der Waals surface area contributed by atoms with Crippen molar-refractivity contribution < 1.29 is 9.53 Å². The first-order valence-electron chi connectivity index (χ1n) is 8.27. The second-order valence-electron chi connectivity index (χ2n) is 6.36. The Balaban J connectivity index is 1.61. The SMILES string of the molecule is Cc1nc(NCCC(=O)N2C[C@@H](C)O[C@H](C)C2)c2cnn(C)c2n1. The zero-order chi connectivity index (χ0) is 17.3. The van der Waals surface area contributed by atoms with Crippen LogP contribution in [-0.4, -0.2) is 62.4 Å². The van der Waals surface area contributed by atoms with Gasteiger partial charge >= 0.3 is 0 Å². The molecule has 0 saturated carbocycles. The Morgan fingerprint density at radius 1 is 1.33 bits per heavy atom. The Morgan fingerprint density at radius 3 is 2.75 bits per heavy atom. The van der Waals surface area contributed by atoms with E-state index >= 15 is 0 Å². The summed E-state index contributed by atoms with van der Waals surface area (Å²) in [5.74, 6) is 1.54. The third-order valence-corrected chi connectivity index (χ3v) is 4.11. The van der Waals surface area contributed by atoms with Gasteiger partial charge in [0.15, 0.2) is 5.65 Å². The summed E-state index contributed by atoms with van der Waals surface area (Å²) in [6, 6.07) is 0. The molecule has 3 heterocycles. The van der Waals surface area contributed by atoms with E-state index in [1.54, 1.807) is 10.9 Å². The van der Waals surface area contributed by atoms with Crippen LogP contribution in [0.25, 0.3) is 11.0 Å². The lowest BCUT2D eigenvalue weighted by Gasteiger charge is -2.35. The van der Waals surface area contributed by atoms with Crippen molar-refractivity contribution in [3.8, 4) is 0 Å². The van der Waals surface area contributed by atoms with Crippen LogP contribution in [0.4, 0.5) is 5.82 Å². The number of carbonyl (C=O) groups excluding carboxylic acids is 1. The Morgan fingerprint density at radius 2 is 2.04 bits per heavy atom. The summed E-state index contributed by atoms with van der Waals surface area (Å²) in [5, 5.41) is 8.33. The van der Waals surface area contributed by atoms with Crippen molar-refractivity contribution in [2.24, 2.45) is 7.05 Å². The lowest BCUT2D eigenvalue weighted by atomic mass is 10.2. The standard InChI is InChI=1S/C16H24N6O2/c1-10-8-22(9-11(2)24-10)14(23)5-6-17-15-13-7-18-21(4)16(13)20-12(3)19-15/h7,10-11H,5-6,8-9H2,1-4H3,(H,17,19,20)/t10-,11-/m1/s1. The first kappa shape index (κ1) is 16.6. The maximum atomic E-state index is 12.4. The molecule has 2 atom stereocenters. The molecule has 1 amide bonds. The van der Waals surface area contributed by atoms with Gasteiger partial charge in [0.2, 0.25) is 5.91 Å². The van der Waals surface area contributed by atoms with Gasteiger partial charge in [-0.1, -0.05) is 0 Å². The first-order chi connectivity index (χ1) is 11.4. The summed E-state index contributed by atoms with van der Waals surface area (Å²) in [4.78, 5) is 23.1. The maximum Gasteiger partial charge on any atom is 0.224 e. The van der Waals surface area contributed by atoms with Gasteiger partial charge in [0, 0.05) is 33.1 Å². The van der Waals surface area contributed by atoms with Gasteiger partial charge in [-0.3, -0.25) is 9.48 Å². The van der Waals surface area contributed by atoms with Crippen molar-refractivity contribution in [1.82, 2.24) is 24.6 Å². The lowest BCUT2D eigenvalue weighted by molar-refractivity contribution is -0.142. The normalized spacial score (nSPS) is 21.2. The summed E-state index contributed by atoms with van der Waals surface area (Å²) in [6.45, 7) is 7.68. The zero-order valence-corrected chi connectivity index (χ0v) is 14.6. The molecule has 1 N–H and O–H groups in total. The number of nitrogens with one attached hydrogen (secondary N) is 1. The molecule has 0 aromatic carbocycles. The molecule has 1 saturated heterocycles. The van der Waals surface area contributed by atoms with Crippen LogP contribution in [0.1, 0.15) is 26.1 Å². The topological polar surface area (TPSA) is 85.2 Å². The fourth-order valence-electron chi connectivity index (χ4n) is 3.09. The van der Waals surface area contributed by atoms with Crippen LogP contribution in [0.15, 0.2) is 6.20 Å². The Kier molecular flexibility index (Phi) is 4.66. The van der Waals surface area contributed by atoms with Crippen LogP contribution in [0.3, 0.4) is 0 Å². The molecule has 0 unspecified atom stereocenters. The average Bonchev–Trinajstić information content (AvgIpc) is 2.87. The molecule has 0 radical (unpaired) electrons. The summed E-state index contributed by atoms with van der Waals surface area (Å²) < 4.78 is 7.39. The van der Waals surface area contributed by atoms with Gasteiger partial charge in [-0.15, -0.1) is 0 Å². The highest BCUT2D eigenvalue weighted by Gasteiger charge is 2.25. The van der Waals surface area contributed by atoms with E-state index in [1.807, 2.05) is 32.7 Å². The molecule has 2 aromatic heterocycles. The number of amides is 1. The molecule has 0 aliphatic carbocycles. The van der Waals surface area contributed by atoms with Crippen molar-refractivity contribution in [1.29, 1.82) is 0 Å². The van der Waals surface area contributed by atoms with Crippen molar-refractivity contribution >= 4 is 22.8 Å². The highest BCUT2D eigenvalue weighted by Crippen LogP contribution is 2.19. The summed E-state index contributed by atoms with van der Waals surface area (Å²) in [6.07, 6.45) is 2.34. The molecule has 1 aliphatic heterocycles. The summed E-state index contributed by atoms with van der Waals surface area (Å²) in [7, 11) is 1.85. The maximum absolute atomic E-state index is 12.4. The average molecular weight is 332 g/mol. The molecule has 1 aliphatic rings. The molecule has 8 nitrogen and oxygen atoms in total. The fourth-order valence-corrected chi connectivity index (χ4v) is 3.09. The molecule has 24 heavy (non-hydrogen) atoms. The van der Waals surface area contributed by atoms with E-state index in [9.17, 15) is 4.79 Å². The van der Waals surface area contributed by atoms with Gasteiger partial charge in [0.1, 0.15) is 11.6 Å². The molecule has 130 valence electrons. The van der Waals surface area contributed by atoms with Gasteiger partial charge in [-0.05, 0) is 20.8 Å². The number of ether oxygens (including phenoxy) is 1. The van der Waals surface area contributed by atoms with E-state index in [0.29, 0.717) is 31.9 Å². The number of morpholine rings is 1. The van der Waals surface area contributed by atoms with Crippen molar-refractivity contribution in [3.63, 3.8) is 0 Å². The van der Waals surface area contributed by atoms with Gasteiger partial charge in [0.05, 0.1) is 23.8 Å². The Hall–Kier alpha value is -2.22. The quantitative estimate of drug-likeness (QED) is 0.903. The molecule has 0 bridgehead atoms. The van der Waals surface area contributed by atoms with Crippen LogP contribution >= 0.6 is 0 Å². The van der Waals surface area contributed by atoms with Crippen molar-refractivity contribution in [2.75, 3.05) is 25.0 Å². The lowest BCUT2D eigenvalue weighted by Crippen LogP contribution is -2.48. The molecule has 8 heteroatoms. The van der Waals surface area contributed by atoms with Gasteiger partial charge in [0.25, 0.3) is 0 Å². The van der Waals surface area contributed by atoms with E-state index in [-0.39, 0.29) is 18.1 Å². The first-order valence-corrected chi connectivity index (χ1v) is 8.27. The van der Waals surface area contributed by atoms with Crippen LogP contribution in [0, 0.1) is 6.92 Å². The van der Waals surface area contributed by atoms with E-state index < -0.39 is 0 Å². The van der Waals surface area contributed by atoms with Crippen LogP contribution in [0.2, 0.25) is 0 Å². The summed E-state index contributed by atoms with van der Waals surface area (Å²) >= 11 is 0. The Labute approximate surface area is 141 Å². The molecule has 0 spiro atoms. The minimum absolute atomic E-state index is 0.0881. The number of nitrogens with zero attached hydrogens (tertiary/aromatic N) is 5. The molecule has 2 aromatic rings. The fraction of sp³-hybridized carbons (Fsp3) is 0.625. The number of fused-ring (bicyclic) bond motifs is 1.